The second-order valence-corrected chi connectivity index (χ2v) is 6.33. The molecule has 0 amide bonds. The molecule has 0 aromatic heterocycles. The first-order chi connectivity index (χ1) is 11.2. The van der Waals surface area contributed by atoms with Crippen LogP contribution in [0, 0.1) is 5.92 Å². The first kappa shape index (κ1) is 15.8. The Balaban J connectivity index is 1.76. The summed E-state index contributed by atoms with van der Waals surface area (Å²) in [7, 11) is 0. The van der Waals surface area contributed by atoms with Crippen molar-refractivity contribution >= 4 is 5.97 Å². The summed E-state index contributed by atoms with van der Waals surface area (Å²) in [6.07, 6.45) is 1.01. The molecule has 0 bridgehead atoms. The molecule has 2 unspecified atom stereocenters. The molecule has 2 aromatic carbocycles. The van der Waals surface area contributed by atoms with Crippen molar-refractivity contribution in [3.63, 3.8) is 0 Å². The molecule has 1 saturated heterocycles. The molecule has 0 spiro atoms. The summed E-state index contributed by atoms with van der Waals surface area (Å²) in [5.41, 5.74) is 3.67. The Morgan fingerprint density at radius 1 is 1.04 bits per heavy atom. The molecule has 1 heterocycles. The molecule has 120 valence electrons. The molecule has 1 aliphatic rings. The molecule has 3 rings (SSSR count). The maximum atomic E-state index is 11.7. The minimum atomic E-state index is -0.690. The van der Waals surface area contributed by atoms with Gasteiger partial charge in [-0.15, -0.1) is 0 Å². The number of aliphatic carboxylic acids is 1. The zero-order valence-corrected chi connectivity index (χ0v) is 13.5. The lowest BCUT2D eigenvalue weighted by molar-refractivity contribution is -0.141. The van der Waals surface area contributed by atoms with E-state index >= 15 is 0 Å². The lowest BCUT2D eigenvalue weighted by atomic mass is 9.88. The number of hydrogen-bond acceptors (Lipinski definition) is 2. The number of carboxylic acid groups (broad SMARTS) is 1. The molecule has 1 N–H and O–H groups in total. The Bertz CT molecular complexity index is 651. The van der Waals surface area contributed by atoms with Crippen LogP contribution in [0.2, 0.25) is 0 Å². The van der Waals surface area contributed by atoms with Crippen molar-refractivity contribution in [2.45, 2.75) is 25.8 Å². The van der Waals surface area contributed by atoms with Gasteiger partial charge in [0.25, 0.3) is 0 Å². The molecule has 1 aliphatic heterocycles. The second-order valence-electron chi connectivity index (χ2n) is 6.33. The minimum Gasteiger partial charge on any atom is -0.481 e. The van der Waals surface area contributed by atoms with Crippen LogP contribution in [0.15, 0.2) is 54.6 Å². The van der Waals surface area contributed by atoms with Crippen molar-refractivity contribution in [1.29, 1.82) is 0 Å². The Kier molecular flexibility index (Phi) is 4.77. The number of aryl methyl sites for hydroxylation is 1. The summed E-state index contributed by atoms with van der Waals surface area (Å²) in [6, 6.07) is 18.7. The Hall–Kier alpha value is -2.13. The summed E-state index contributed by atoms with van der Waals surface area (Å²) in [5.74, 6) is -0.946. The van der Waals surface area contributed by atoms with Gasteiger partial charge in [-0.1, -0.05) is 61.5 Å². The van der Waals surface area contributed by atoms with Crippen molar-refractivity contribution in [3.8, 4) is 0 Å². The summed E-state index contributed by atoms with van der Waals surface area (Å²) in [6.45, 7) is 4.36. The fourth-order valence-electron chi connectivity index (χ4n) is 3.44. The molecular weight excluding hydrogens is 286 g/mol. The Morgan fingerprint density at radius 3 is 2.35 bits per heavy atom. The van der Waals surface area contributed by atoms with E-state index in [2.05, 4.69) is 48.2 Å². The highest BCUT2D eigenvalue weighted by Gasteiger charge is 2.38. The average molecular weight is 309 g/mol. The van der Waals surface area contributed by atoms with E-state index in [0.717, 1.165) is 25.1 Å². The third-order valence-corrected chi connectivity index (χ3v) is 4.78. The molecule has 2 atom stereocenters. The summed E-state index contributed by atoms with van der Waals surface area (Å²) in [5, 5.41) is 9.60. The quantitative estimate of drug-likeness (QED) is 0.918. The predicted octanol–water partition coefficient (Wildman–Crippen LogP) is 3.55. The van der Waals surface area contributed by atoms with Crippen molar-refractivity contribution in [2.75, 3.05) is 13.1 Å². The average Bonchev–Trinajstić information content (AvgIpc) is 3.00. The van der Waals surface area contributed by atoms with Crippen LogP contribution in [0.3, 0.4) is 0 Å². The van der Waals surface area contributed by atoms with Crippen LogP contribution < -0.4 is 0 Å². The van der Waals surface area contributed by atoms with Gasteiger partial charge in [-0.25, -0.2) is 0 Å². The van der Waals surface area contributed by atoms with Gasteiger partial charge in [0.05, 0.1) is 5.92 Å². The number of carbonyl (C=O) groups is 1. The van der Waals surface area contributed by atoms with Gasteiger partial charge in [0, 0.05) is 25.6 Å². The largest absolute Gasteiger partial charge is 0.481 e. The van der Waals surface area contributed by atoms with Crippen molar-refractivity contribution in [1.82, 2.24) is 4.90 Å². The molecule has 0 radical (unpaired) electrons. The van der Waals surface area contributed by atoms with Crippen LogP contribution in [0.5, 0.6) is 0 Å². The maximum Gasteiger partial charge on any atom is 0.308 e. The predicted molar refractivity (Wildman–Crippen MR) is 91.4 cm³/mol. The summed E-state index contributed by atoms with van der Waals surface area (Å²) >= 11 is 0. The zero-order valence-electron chi connectivity index (χ0n) is 13.5. The van der Waals surface area contributed by atoms with Crippen LogP contribution in [0.1, 0.15) is 29.5 Å². The van der Waals surface area contributed by atoms with Gasteiger partial charge in [-0.05, 0) is 23.1 Å². The first-order valence-electron chi connectivity index (χ1n) is 8.25. The van der Waals surface area contributed by atoms with Gasteiger partial charge in [0.15, 0.2) is 0 Å². The van der Waals surface area contributed by atoms with Crippen LogP contribution >= 0.6 is 0 Å². The number of carboxylic acids is 1. The van der Waals surface area contributed by atoms with Gasteiger partial charge in [0.1, 0.15) is 0 Å². The third-order valence-electron chi connectivity index (χ3n) is 4.78. The zero-order chi connectivity index (χ0) is 16.2. The Labute approximate surface area is 137 Å². The van der Waals surface area contributed by atoms with Crippen molar-refractivity contribution < 1.29 is 9.90 Å². The monoisotopic (exact) mass is 309 g/mol. The van der Waals surface area contributed by atoms with Crippen molar-refractivity contribution in [2.24, 2.45) is 5.92 Å². The number of nitrogens with zero attached hydrogens (tertiary/aromatic N) is 1. The van der Waals surface area contributed by atoms with E-state index in [-0.39, 0.29) is 11.8 Å². The topological polar surface area (TPSA) is 40.5 Å². The SMILES string of the molecule is CCc1ccc(C2CN(Cc3ccccc3)CC2C(=O)O)cc1. The van der Waals surface area contributed by atoms with Crippen LogP contribution in [0.4, 0.5) is 0 Å². The Morgan fingerprint density at radius 2 is 1.74 bits per heavy atom. The lowest BCUT2D eigenvalue weighted by Gasteiger charge is -2.16. The highest BCUT2D eigenvalue weighted by Crippen LogP contribution is 2.33. The minimum absolute atomic E-state index is 0.0714. The normalized spacial score (nSPS) is 21.4. The maximum absolute atomic E-state index is 11.7. The molecule has 23 heavy (non-hydrogen) atoms. The van der Waals surface area contributed by atoms with Crippen LogP contribution in [-0.4, -0.2) is 29.1 Å². The van der Waals surface area contributed by atoms with E-state index in [1.165, 1.54) is 11.1 Å². The molecule has 1 fully saturated rings. The fourth-order valence-corrected chi connectivity index (χ4v) is 3.44. The molecule has 3 heteroatoms. The van der Waals surface area contributed by atoms with E-state index in [1.54, 1.807) is 0 Å². The summed E-state index contributed by atoms with van der Waals surface area (Å²) in [4.78, 5) is 13.9. The number of likely N-dealkylation sites (tertiary alicyclic amines) is 1. The van der Waals surface area contributed by atoms with E-state index in [0.29, 0.717) is 6.54 Å². The van der Waals surface area contributed by atoms with Gasteiger partial charge in [-0.2, -0.15) is 0 Å². The molecular formula is C20H23NO2. The number of rotatable bonds is 5. The van der Waals surface area contributed by atoms with Crippen LogP contribution in [-0.2, 0) is 17.8 Å². The van der Waals surface area contributed by atoms with Crippen molar-refractivity contribution in [3.05, 3.63) is 71.3 Å². The van der Waals surface area contributed by atoms with Gasteiger partial charge < -0.3 is 5.11 Å². The molecule has 0 saturated carbocycles. The molecule has 3 nitrogen and oxygen atoms in total. The smallest absolute Gasteiger partial charge is 0.308 e. The number of hydrogen-bond donors (Lipinski definition) is 1. The molecule has 0 aliphatic carbocycles. The fraction of sp³-hybridized carbons (Fsp3) is 0.350. The second kappa shape index (κ2) is 6.97. The van der Waals surface area contributed by atoms with Gasteiger partial charge >= 0.3 is 5.97 Å². The van der Waals surface area contributed by atoms with E-state index in [1.807, 2.05) is 18.2 Å². The highest BCUT2D eigenvalue weighted by molar-refractivity contribution is 5.72. The number of benzene rings is 2. The third kappa shape index (κ3) is 3.62. The highest BCUT2D eigenvalue weighted by atomic mass is 16.4. The van der Waals surface area contributed by atoms with Gasteiger partial charge in [0.2, 0.25) is 0 Å². The summed E-state index contributed by atoms with van der Waals surface area (Å²) < 4.78 is 0. The van der Waals surface area contributed by atoms with E-state index in [9.17, 15) is 9.90 Å². The van der Waals surface area contributed by atoms with Gasteiger partial charge in [-0.3, -0.25) is 9.69 Å². The lowest BCUT2D eigenvalue weighted by Crippen LogP contribution is -2.23. The van der Waals surface area contributed by atoms with E-state index < -0.39 is 5.97 Å². The standard InChI is InChI=1S/C20H23NO2/c1-2-15-8-10-17(11-9-15)18-13-21(14-19(18)20(22)23)12-16-6-4-3-5-7-16/h3-11,18-19H,2,12-14H2,1H3,(H,22,23). The first-order valence-corrected chi connectivity index (χ1v) is 8.25. The molecule has 2 aromatic rings. The van der Waals surface area contributed by atoms with Crippen LogP contribution in [0.25, 0.3) is 0 Å². The van der Waals surface area contributed by atoms with E-state index in [4.69, 9.17) is 0 Å².